The summed E-state index contributed by atoms with van der Waals surface area (Å²) in [5, 5.41) is 0.555. The Hall–Kier alpha value is -0.410. The number of thiol groups is 1. The molecule has 1 aromatic rings. The number of benzene rings is 1. The van der Waals surface area contributed by atoms with Crippen molar-refractivity contribution in [3.8, 4) is 0 Å². The van der Waals surface area contributed by atoms with Crippen molar-refractivity contribution in [1.29, 1.82) is 0 Å². The SMILES string of the molecule is CN(CCCS)c1cc(Cl)ccc1F. The maximum absolute atomic E-state index is 13.3. The molecule has 0 amide bonds. The van der Waals surface area contributed by atoms with E-state index in [0.717, 1.165) is 18.7 Å². The highest BCUT2D eigenvalue weighted by Crippen LogP contribution is 2.22. The molecule has 0 aliphatic rings. The van der Waals surface area contributed by atoms with Gasteiger partial charge in [0.15, 0.2) is 0 Å². The van der Waals surface area contributed by atoms with Crippen LogP contribution < -0.4 is 4.90 Å². The predicted octanol–water partition coefficient (Wildman–Crippen LogP) is 3.24. The van der Waals surface area contributed by atoms with E-state index in [0.29, 0.717) is 10.7 Å². The van der Waals surface area contributed by atoms with Gasteiger partial charge in [0.1, 0.15) is 5.82 Å². The van der Waals surface area contributed by atoms with Gasteiger partial charge in [-0.3, -0.25) is 0 Å². The average molecular weight is 234 g/mol. The van der Waals surface area contributed by atoms with Crippen LogP contribution in [0.1, 0.15) is 6.42 Å². The van der Waals surface area contributed by atoms with E-state index >= 15 is 0 Å². The first-order valence-corrected chi connectivity index (χ1v) is 5.43. The summed E-state index contributed by atoms with van der Waals surface area (Å²) in [6, 6.07) is 4.57. The van der Waals surface area contributed by atoms with Gasteiger partial charge in [-0.2, -0.15) is 12.6 Å². The Balaban J connectivity index is 2.77. The van der Waals surface area contributed by atoms with Crippen molar-refractivity contribution in [2.24, 2.45) is 0 Å². The monoisotopic (exact) mass is 233 g/mol. The molecule has 0 atom stereocenters. The normalized spacial score (nSPS) is 10.3. The minimum Gasteiger partial charge on any atom is -0.372 e. The van der Waals surface area contributed by atoms with E-state index < -0.39 is 0 Å². The van der Waals surface area contributed by atoms with Crippen molar-refractivity contribution in [1.82, 2.24) is 0 Å². The topological polar surface area (TPSA) is 3.24 Å². The molecule has 0 aliphatic carbocycles. The fraction of sp³-hybridized carbons (Fsp3) is 0.400. The second-order valence-corrected chi connectivity index (χ2v) is 3.98. The minimum absolute atomic E-state index is 0.240. The zero-order valence-electron chi connectivity index (χ0n) is 8.00. The zero-order valence-corrected chi connectivity index (χ0v) is 9.65. The summed E-state index contributed by atoms with van der Waals surface area (Å²) in [7, 11) is 1.85. The van der Waals surface area contributed by atoms with E-state index in [1.807, 2.05) is 11.9 Å². The van der Waals surface area contributed by atoms with Crippen LogP contribution in [0.2, 0.25) is 5.02 Å². The van der Waals surface area contributed by atoms with Crippen molar-refractivity contribution in [3.05, 3.63) is 29.0 Å². The summed E-state index contributed by atoms with van der Waals surface area (Å²) < 4.78 is 13.3. The summed E-state index contributed by atoms with van der Waals surface area (Å²) in [4.78, 5) is 1.84. The molecule has 14 heavy (non-hydrogen) atoms. The molecule has 0 aliphatic heterocycles. The zero-order chi connectivity index (χ0) is 10.6. The summed E-state index contributed by atoms with van der Waals surface area (Å²) in [6.45, 7) is 0.779. The van der Waals surface area contributed by atoms with Gasteiger partial charge in [-0.05, 0) is 30.4 Å². The van der Waals surface area contributed by atoms with Crippen LogP contribution in [-0.4, -0.2) is 19.3 Å². The van der Waals surface area contributed by atoms with Crippen LogP contribution in [0.3, 0.4) is 0 Å². The Morgan fingerprint density at radius 2 is 2.21 bits per heavy atom. The molecule has 1 nitrogen and oxygen atoms in total. The van der Waals surface area contributed by atoms with E-state index in [2.05, 4.69) is 12.6 Å². The van der Waals surface area contributed by atoms with Crippen molar-refractivity contribution in [2.75, 3.05) is 24.2 Å². The molecule has 0 bridgehead atoms. The largest absolute Gasteiger partial charge is 0.372 e. The molecule has 0 saturated carbocycles. The lowest BCUT2D eigenvalue weighted by Gasteiger charge is -2.19. The van der Waals surface area contributed by atoms with E-state index in [9.17, 15) is 4.39 Å². The summed E-state index contributed by atoms with van der Waals surface area (Å²) in [5.41, 5.74) is 0.541. The highest BCUT2D eigenvalue weighted by molar-refractivity contribution is 7.80. The first kappa shape index (κ1) is 11.7. The van der Waals surface area contributed by atoms with Crippen LogP contribution in [0.4, 0.5) is 10.1 Å². The lowest BCUT2D eigenvalue weighted by molar-refractivity contribution is 0.622. The molecule has 0 N–H and O–H groups in total. The molecule has 1 rings (SSSR count). The van der Waals surface area contributed by atoms with E-state index in [4.69, 9.17) is 11.6 Å². The maximum atomic E-state index is 13.3. The van der Waals surface area contributed by atoms with Gasteiger partial charge in [0, 0.05) is 18.6 Å². The van der Waals surface area contributed by atoms with Crippen molar-refractivity contribution in [2.45, 2.75) is 6.42 Å². The number of halogens is 2. The van der Waals surface area contributed by atoms with Gasteiger partial charge in [0.25, 0.3) is 0 Å². The van der Waals surface area contributed by atoms with Crippen LogP contribution in [0, 0.1) is 5.82 Å². The highest BCUT2D eigenvalue weighted by Gasteiger charge is 2.07. The van der Waals surface area contributed by atoms with E-state index in [1.54, 1.807) is 12.1 Å². The molecular formula is C10H13ClFNS. The first-order chi connectivity index (χ1) is 6.65. The van der Waals surface area contributed by atoms with E-state index in [1.165, 1.54) is 6.07 Å². The lowest BCUT2D eigenvalue weighted by atomic mass is 10.2. The molecule has 0 saturated heterocycles. The Labute approximate surface area is 94.3 Å². The standard InChI is InChI=1S/C10H13ClFNS/c1-13(5-2-6-14)10-7-8(11)3-4-9(10)12/h3-4,7,14H,2,5-6H2,1H3. The van der Waals surface area contributed by atoms with Crippen molar-refractivity contribution < 1.29 is 4.39 Å². The van der Waals surface area contributed by atoms with Crippen LogP contribution in [0.25, 0.3) is 0 Å². The summed E-state index contributed by atoms with van der Waals surface area (Å²) in [6.07, 6.45) is 0.922. The molecule has 0 heterocycles. The molecule has 1 aromatic carbocycles. The molecule has 0 unspecified atom stereocenters. The lowest BCUT2D eigenvalue weighted by Crippen LogP contribution is -2.19. The van der Waals surface area contributed by atoms with Crippen LogP contribution in [-0.2, 0) is 0 Å². The molecule has 78 valence electrons. The van der Waals surface area contributed by atoms with Gasteiger partial charge in [-0.15, -0.1) is 0 Å². The number of anilines is 1. The van der Waals surface area contributed by atoms with Gasteiger partial charge < -0.3 is 4.90 Å². The van der Waals surface area contributed by atoms with Crippen LogP contribution in [0.15, 0.2) is 18.2 Å². The second-order valence-electron chi connectivity index (χ2n) is 3.09. The molecule has 0 fully saturated rings. The maximum Gasteiger partial charge on any atom is 0.146 e. The Morgan fingerprint density at radius 1 is 1.50 bits per heavy atom. The van der Waals surface area contributed by atoms with Gasteiger partial charge in [-0.25, -0.2) is 4.39 Å². The third kappa shape index (κ3) is 3.07. The quantitative estimate of drug-likeness (QED) is 0.782. The number of hydrogen-bond acceptors (Lipinski definition) is 2. The molecule has 4 heteroatoms. The predicted molar refractivity (Wildman–Crippen MR) is 63.2 cm³/mol. The van der Waals surface area contributed by atoms with Crippen LogP contribution in [0.5, 0.6) is 0 Å². The Bertz CT molecular complexity index is 306. The molecule has 0 spiro atoms. The smallest absolute Gasteiger partial charge is 0.146 e. The fourth-order valence-electron chi connectivity index (χ4n) is 1.21. The first-order valence-electron chi connectivity index (χ1n) is 4.42. The molecule has 0 aromatic heterocycles. The molecule has 0 radical (unpaired) electrons. The number of hydrogen-bond donors (Lipinski definition) is 1. The molecular weight excluding hydrogens is 221 g/mol. The van der Waals surface area contributed by atoms with Crippen molar-refractivity contribution >= 4 is 29.9 Å². The summed E-state index contributed by atoms with van der Waals surface area (Å²) >= 11 is 9.89. The fourth-order valence-corrected chi connectivity index (χ4v) is 1.51. The van der Waals surface area contributed by atoms with Gasteiger partial charge in [-0.1, -0.05) is 11.6 Å². The second kappa shape index (κ2) is 5.47. The third-order valence-electron chi connectivity index (χ3n) is 1.97. The third-order valence-corrected chi connectivity index (χ3v) is 2.52. The number of nitrogens with zero attached hydrogens (tertiary/aromatic N) is 1. The van der Waals surface area contributed by atoms with Gasteiger partial charge >= 0.3 is 0 Å². The average Bonchev–Trinajstić information content (AvgIpc) is 2.18. The minimum atomic E-state index is -0.240. The van der Waals surface area contributed by atoms with Gasteiger partial charge in [0.05, 0.1) is 5.69 Å². The van der Waals surface area contributed by atoms with Gasteiger partial charge in [0.2, 0.25) is 0 Å². The Morgan fingerprint density at radius 3 is 2.86 bits per heavy atom. The highest BCUT2D eigenvalue weighted by atomic mass is 35.5. The Kier molecular flexibility index (Phi) is 4.55. The summed E-state index contributed by atoms with van der Waals surface area (Å²) in [5.74, 6) is 0.558. The van der Waals surface area contributed by atoms with Crippen LogP contribution >= 0.6 is 24.2 Å². The number of rotatable bonds is 4. The van der Waals surface area contributed by atoms with E-state index in [-0.39, 0.29) is 5.82 Å². The van der Waals surface area contributed by atoms with Crippen molar-refractivity contribution in [3.63, 3.8) is 0 Å².